The number of carbonyl (C=O) groups is 2. The highest BCUT2D eigenvalue weighted by Gasteiger charge is 2.28. The van der Waals surface area contributed by atoms with Gasteiger partial charge in [0.1, 0.15) is 11.8 Å². The number of sulfonamides is 1. The van der Waals surface area contributed by atoms with Crippen LogP contribution in [0.2, 0.25) is 0 Å². The molecule has 40 heavy (non-hydrogen) atoms. The van der Waals surface area contributed by atoms with Crippen LogP contribution in [-0.4, -0.2) is 60.7 Å². The number of hydrogen-bond acceptors (Lipinski definition) is 6. The zero-order chi connectivity index (χ0) is 28.5. The highest BCUT2D eigenvalue weighted by Crippen LogP contribution is 2.22. The largest absolute Gasteiger partial charge is 0.497 e. The fourth-order valence-electron chi connectivity index (χ4n) is 4.65. The summed E-state index contributed by atoms with van der Waals surface area (Å²) in [4.78, 5) is 32.4. The average Bonchev–Trinajstić information content (AvgIpc) is 3.54. The molecule has 212 valence electrons. The van der Waals surface area contributed by atoms with Crippen molar-refractivity contribution in [1.82, 2.24) is 19.5 Å². The molecule has 0 radical (unpaired) electrons. The summed E-state index contributed by atoms with van der Waals surface area (Å²) in [6.07, 6.45) is 5.69. The first-order valence-electron chi connectivity index (χ1n) is 13.5. The van der Waals surface area contributed by atoms with Crippen molar-refractivity contribution in [3.63, 3.8) is 0 Å². The van der Waals surface area contributed by atoms with Crippen molar-refractivity contribution in [3.05, 3.63) is 89.7 Å². The molecule has 0 spiro atoms. The fraction of sp³-hybridized carbons (Fsp3) is 0.367. The van der Waals surface area contributed by atoms with Crippen LogP contribution in [0.3, 0.4) is 0 Å². The molecule has 9 nitrogen and oxygen atoms in total. The van der Waals surface area contributed by atoms with Gasteiger partial charge in [0.2, 0.25) is 21.8 Å². The van der Waals surface area contributed by atoms with E-state index in [1.54, 1.807) is 55.6 Å². The maximum absolute atomic E-state index is 13.5. The molecule has 1 aliphatic rings. The van der Waals surface area contributed by atoms with E-state index in [9.17, 15) is 18.0 Å². The third-order valence-corrected chi connectivity index (χ3v) is 9.06. The zero-order valence-corrected chi connectivity index (χ0v) is 23.8. The van der Waals surface area contributed by atoms with Crippen molar-refractivity contribution in [1.29, 1.82) is 0 Å². The molecule has 3 aromatic rings. The molecule has 2 amide bonds. The van der Waals surface area contributed by atoms with Gasteiger partial charge < -0.3 is 15.0 Å². The topological polar surface area (TPSA) is 109 Å². The highest BCUT2D eigenvalue weighted by atomic mass is 32.2. The standard InChI is InChI=1S/C30H36N4O5S/c1-23(30(36)32-21-25-15-17-31-18-16-25)34(22-26-5-10-27(39-2)11-6-26)29(35)14-9-24-7-12-28(13-8-24)40(37,38)33-19-3-4-20-33/h5-8,10-13,15-18,23H,3-4,9,14,19-22H2,1-2H3,(H,32,36). The van der Waals surface area contributed by atoms with E-state index in [0.29, 0.717) is 31.8 Å². The summed E-state index contributed by atoms with van der Waals surface area (Å²) in [6.45, 7) is 3.43. The third-order valence-electron chi connectivity index (χ3n) is 7.15. The molecule has 0 aliphatic carbocycles. The smallest absolute Gasteiger partial charge is 0.243 e. The number of methoxy groups -OCH3 is 1. The summed E-state index contributed by atoms with van der Waals surface area (Å²) in [5.74, 6) is 0.284. The normalized spacial score (nSPS) is 14.4. The summed E-state index contributed by atoms with van der Waals surface area (Å²) >= 11 is 0. The number of pyridine rings is 1. The molecule has 1 unspecified atom stereocenters. The van der Waals surface area contributed by atoms with Gasteiger partial charge in [0.25, 0.3) is 0 Å². The minimum atomic E-state index is -3.48. The molecule has 1 aliphatic heterocycles. The van der Waals surface area contributed by atoms with Gasteiger partial charge in [-0.15, -0.1) is 0 Å². The minimum absolute atomic E-state index is 0.170. The molecule has 0 saturated carbocycles. The number of amides is 2. The van der Waals surface area contributed by atoms with Gasteiger partial charge in [0, 0.05) is 45.0 Å². The first-order valence-corrected chi connectivity index (χ1v) is 14.9. The van der Waals surface area contributed by atoms with Crippen molar-refractivity contribution >= 4 is 21.8 Å². The Kier molecular flexibility index (Phi) is 9.89. The van der Waals surface area contributed by atoms with E-state index in [-0.39, 0.29) is 29.7 Å². The van der Waals surface area contributed by atoms with Crippen LogP contribution in [0.25, 0.3) is 0 Å². The summed E-state index contributed by atoms with van der Waals surface area (Å²) in [5.41, 5.74) is 2.64. The number of rotatable bonds is 12. The van der Waals surface area contributed by atoms with Crippen LogP contribution in [0.5, 0.6) is 5.75 Å². The molecule has 1 aromatic heterocycles. The van der Waals surface area contributed by atoms with Crippen LogP contribution in [0.15, 0.2) is 78.0 Å². The van der Waals surface area contributed by atoms with Crippen LogP contribution in [-0.2, 0) is 39.1 Å². The fourth-order valence-corrected chi connectivity index (χ4v) is 6.17. The maximum Gasteiger partial charge on any atom is 0.243 e. The first-order chi connectivity index (χ1) is 19.3. The Morgan fingerprint density at radius 3 is 2.20 bits per heavy atom. The molecular formula is C30H36N4O5S. The van der Waals surface area contributed by atoms with Crippen LogP contribution >= 0.6 is 0 Å². The lowest BCUT2D eigenvalue weighted by molar-refractivity contribution is -0.140. The van der Waals surface area contributed by atoms with Gasteiger partial charge in [0.05, 0.1) is 12.0 Å². The molecule has 0 bridgehead atoms. The Morgan fingerprint density at radius 1 is 0.950 bits per heavy atom. The second kappa shape index (κ2) is 13.5. The second-order valence-electron chi connectivity index (χ2n) is 9.87. The molecule has 10 heteroatoms. The Morgan fingerprint density at radius 2 is 1.57 bits per heavy atom. The number of aryl methyl sites for hydroxylation is 1. The van der Waals surface area contributed by atoms with Crippen molar-refractivity contribution in [2.24, 2.45) is 0 Å². The number of nitrogens with one attached hydrogen (secondary N) is 1. The lowest BCUT2D eigenvalue weighted by Gasteiger charge is -2.29. The van der Waals surface area contributed by atoms with Crippen molar-refractivity contribution < 1.29 is 22.7 Å². The van der Waals surface area contributed by atoms with E-state index in [2.05, 4.69) is 10.3 Å². The van der Waals surface area contributed by atoms with Crippen LogP contribution in [0, 0.1) is 0 Å². The maximum atomic E-state index is 13.5. The molecular weight excluding hydrogens is 528 g/mol. The number of carbonyl (C=O) groups excluding carboxylic acids is 2. The Balaban J connectivity index is 1.43. The number of benzene rings is 2. The van der Waals surface area contributed by atoms with E-state index >= 15 is 0 Å². The molecule has 2 heterocycles. The van der Waals surface area contributed by atoms with Gasteiger partial charge in [-0.2, -0.15) is 4.31 Å². The van der Waals surface area contributed by atoms with Gasteiger partial charge in [0.15, 0.2) is 0 Å². The second-order valence-corrected chi connectivity index (χ2v) is 11.8. The van der Waals surface area contributed by atoms with Gasteiger partial charge in [-0.1, -0.05) is 24.3 Å². The van der Waals surface area contributed by atoms with Crippen molar-refractivity contribution in [2.75, 3.05) is 20.2 Å². The molecule has 1 N–H and O–H groups in total. The van der Waals surface area contributed by atoms with Crippen LogP contribution in [0.1, 0.15) is 42.9 Å². The van der Waals surface area contributed by atoms with Gasteiger partial charge in [-0.25, -0.2) is 8.42 Å². The number of nitrogens with zero attached hydrogens (tertiary/aromatic N) is 3. The number of ether oxygens (including phenoxy) is 1. The predicted molar refractivity (Wildman–Crippen MR) is 152 cm³/mol. The third kappa shape index (κ3) is 7.45. The zero-order valence-electron chi connectivity index (χ0n) is 23.0. The quantitative estimate of drug-likeness (QED) is 0.361. The summed E-state index contributed by atoms with van der Waals surface area (Å²) in [5, 5.41) is 2.91. The number of hydrogen-bond donors (Lipinski definition) is 1. The Labute approximate surface area is 236 Å². The molecule has 1 saturated heterocycles. The van der Waals surface area contributed by atoms with E-state index in [1.807, 2.05) is 36.4 Å². The van der Waals surface area contributed by atoms with E-state index in [1.165, 1.54) is 4.31 Å². The highest BCUT2D eigenvalue weighted by molar-refractivity contribution is 7.89. The van der Waals surface area contributed by atoms with Crippen molar-refractivity contribution in [2.45, 2.75) is 56.6 Å². The lowest BCUT2D eigenvalue weighted by atomic mass is 10.1. The lowest BCUT2D eigenvalue weighted by Crippen LogP contribution is -2.47. The average molecular weight is 565 g/mol. The van der Waals surface area contributed by atoms with Crippen molar-refractivity contribution in [3.8, 4) is 5.75 Å². The molecule has 4 rings (SSSR count). The Bertz CT molecular complexity index is 1370. The monoisotopic (exact) mass is 564 g/mol. The van der Waals surface area contributed by atoms with Crippen LogP contribution < -0.4 is 10.1 Å². The molecule has 1 atom stereocenters. The summed E-state index contributed by atoms with van der Waals surface area (Å²) < 4.78 is 32.4. The number of aromatic nitrogens is 1. The minimum Gasteiger partial charge on any atom is -0.497 e. The van der Waals surface area contributed by atoms with Gasteiger partial charge in [-0.05, 0) is 79.3 Å². The van der Waals surface area contributed by atoms with Gasteiger partial charge >= 0.3 is 0 Å². The molecule has 2 aromatic carbocycles. The van der Waals surface area contributed by atoms with E-state index < -0.39 is 16.1 Å². The Hall–Kier alpha value is -3.76. The SMILES string of the molecule is COc1ccc(CN(C(=O)CCc2ccc(S(=O)(=O)N3CCCC3)cc2)C(C)C(=O)NCc2ccncc2)cc1. The van der Waals surface area contributed by atoms with E-state index in [4.69, 9.17) is 4.74 Å². The molecule has 1 fully saturated rings. The first kappa shape index (κ1) is 29.2. The summed E-state index contributed by atoms with van der Waals surface area (Å²) in [6, 6.07) is 17.1. The summed E-state index contributed by atoms with van der Waals surface area (Å²) in [7, 11) is -1.89. The van der Waals surface area contributed by atoms with E-state index in [0.717, 1.165) is 29.5 Å². The predicted octanol–water partition coefficient (Wildman–Crippen LogP) is 3.54. The van der Waals surface area contributed by atoms with Gasteiger partial charge in [-0.3, -0.25) is 14.6 Å². The van der Waals surface area contributed by atoms with Crippen LogP contribution in [0.4, 0.5) is 0 Å².